The third-order valence-electron chi connectivity index (χ3n) is 5.13. The Morgan fingerprint density at radius 3 is 2.84 bits per heavy atom. The van der Waals surface area contributed by atoms with E-state index in [4.69, 9.17) is 0 Å². The quantitative estimate of drug-likeness (QED) is 0.877. The van der Waals surface area contributed by atoms with E-state index in [1.165, 1.54) is 11.0 Å². The van der Waals surface area contributed by atoms with E-state index in [-0.39, 0.29) is 12.5 Å². The number of aromatic nitrogens is 2. The van der Waals surface area contributed by atoms with E-state index in [9.17, 15) is 18.7 Å². The van der Waals surface area contributed by atoms with Gasteiger partial charge in [-0.25, -0.2) is 8.78 Å². The Labute approximate surface area is 143 Å². The molecule has 1 aliphatic carbocycles. The molecule has 2 N–H and O–H groups in total. The van der Waals surface area contributed by atoms with Crippen molar-refractivity contribution in [1.29, 1.82) is 0 Å². The van der Waals surface area contributed by atoms with Crippen LogP contribution in [0.15, 0.2) is 18.2 Å². The largest absolute Gasteiger partial charge is 0.391 e. The Hall–Kier alpha value is -2.28. The molecule has 2 atom stereocenters. The van der Waals surface area contributed by atoms with Gasteiger partial charge in [-0.3, -0.25) is 9.89 Å². The molecule has 1 aromatic heterocycles. The maximum atomic E-state index is 13.6. The van der Waals surface area contributed by atoms with Crippen LogP contribution in [0.3, 0.4) is 0 Å². The first kappa shape index (κ1) is 16.2. The fourth-order valence-electron chi connectivity index (χ4n) is 3.87. The summed E-state index contributed by atoms with van der Waals surface area (Å²) in [5.41, 5.74) is 2.81. The number of aryl methyl sites for hydroxylation is 1. The number of H-pyrrole nitrogens is 1. The van der Waals surface area contributed by atoms with Crippen molar-refractivity contribution < 1.29 is 18.7 Å². The van der Waals surface area contributed by atoms with Crippen molar-refractivity contribution in [2.45, 2.75) is 44.2 Å². The average molecular weight is 347 g/mol. The van der Waals surface area contributed by atoms with Crippen molar-refractivity contribution >= 4 is 5.91 Å². The summed E-state index contributed by atoms with van der Waals surface area (Å²) in [5, 5.41) is 17.2. The van der Waals surface area contributed by atoms with Gasteiger partial charge in [-0.1, -0.05) is 6.07 Å². The van der Waals surface area contributed by atoms with Gasteiger partial charge in [0.05, 0.1) is 12.1 Å². The highest BCUT2D eigenvalue weighted by molar-refractivity contribution is 5.94. The van der Waals surface area contributed by atoms with Gasteiger partial charge in [-0.2, -0.15) is 5.10 Å². The Morgan fingerprint density at radius 2 is 2.04 bits per heavy atom. The van der Waals surface area contributed by atoms with E-state index in [0.717, 1.165) is 49.1 Å². The number of carbonyl (C=O) groups excluding carboxylic acids is 1. The fourth-order valence-corrected chi connectivity index (χ4v) is 3.87. The van der Waals surface area contributed by atoms with Crippen LogP contribution in [0.5, 0.6) is 0 Å². The summed E-state index contributed by atoms with van der Waals surface area (Å²) >= 11 is 0. The van der Waals surface area contributed by atoms with Crippen LogP contribution < -0.4 is 0 Å². The van der Waals surface area contributed by atoms with Crippen LogP contribution in [0.2, 0.25) is 0 Å². The number of β-amino-alcohol motifs (C(OH)–C–C–N with tert-alkyl or cyclic N) is 1. The Morgan fingerprint density at radius 1 is 1.24 bits per heavy atom. The number of amides is 1. The number of hydrogen-bond donors (Lipinski definition) is 2. The van der Waals surface area contributed by atoms with Crippen molar-refractivity contribution in [3.63, 3.8) is 0 Å². The molecular weight excluding hydrogens is 328 g/mol. The van der Waals surface area contributed by atoms with Crippen LogP contribution in [-0.4, -0.2) is 38.8 Å². The molecule has 0 saturated carbocycles. The highest BCUT2D eigenvalue weighted by Gasteiger charge is 2.38. The molecule has 1 saturated heterocycles. The summed E-state index contributed by atoms with van der Waals surface area (Å²) in [4.78, 5) is 14.5. The molecule has 1 aromatic carbocycles. The van der Waals surface area contributed by atoms with Gasteiger partial charge in [-0.05, 0) is 49.8 Å². The minimum Gasteiger partial charge on any atom is -0.391 e. The first-order valence-corrected chi connectivity index (χ1v) is 8.54. The van der Waals surface area contributed by atoms with Gasteiger partial charge < -0.3 is 10.0 Å². The molecule has 0 bridgehead atoms. The lowest BCUT2D eigenvalue weighted by atomic mass is 9.95. The van der Waals surface area contributed by atoms with Gasteiger partial charge in [0.25, 0.3) is 5.91 Å². The molecule has 1 amide bonds. The van der Waals surface area contributed by atoms with Gasteiger partial charge in [-0.15, -0.1) is 0 Å². The first-order valence-electron chi connectivity index (χ1n) is 8.54. The highest BCUT2D eigenvalue weighted by atomic mass is 19.2. The normalized spacial score (nSPS) is 22.9. The zero-order chi connectivity index (χ0) is 17.6. The molecule has 25 heavy (non-hydrogen) atoms. The number of likely N-dealkylation sites (tertiary alicyclic amines) is 1. The third kappa shape index (κ3) is 2.82. The van der Waals surface area contributed by atoms with Crippen molar-refractivity contribution in [3.05, 3.63) is 52.3 Å². The lowest BCUT2D eigenvalue weighted by molar-refractivity contribution is 0.0708. The van der Waals surface area contributed by atoms with Crippen LogP contribution >= 0.6 is 0 Å². The predicted molar refractivity (Wildman–Crippen MR) is 86.0 cm³/mol. The monoisotopic (exact) mass is 347 g/mol. The first-order chi connectivity index (χ1) is 12.0. The molecular formula is C18H19F2N3O2. The van der Waals surface area contributed by atoms with Crippen LogP contribution in [0.1, 0.15) is 52.6 Å². The second-order valence-corrected chi connectivity index (χ2v) is 6.77. The Kier molecular flexibility index (Phi) is 4.03. The maximum Gasteiger partial charge on any atom is 0.275 e. The molecule has 0 unspecified atom stereocenters. The number of halogens is 2. The summed E-state index contributed by atoms with van der Waals surface area (Å²) in [6, 6.07) is 3.11. The highest BCUT2D eigenvalue weighted by Crippen LogP contribution is 2.35. The predicted octanol–water partition coefficient (Wildman–Crippen LogP) is 2.51. The molecule has 132 valence electrons. The minimum atomic E-state index is -0.955. The van der Waals surface area contributed by atoms with Crippen LogP contribution in [0.4, 0.5) is 8.78 Å². The minimum absolute atomic E-state index is 0.157. The molecule has 2 heterocycles. The van der Waals surface area contributed by atoms with Gasteiger partial charge in [0.1, 0.15) is 0 Å². The van der Waals surface area contributed by atoms with Crippen molar-refractivity contribution in [2.24, 2.45) is 0 Å². The lowest BCUT2D eigenvalue weighted by Crippen LogP contribution is -2.33. The lowest BCUT2D eigenvalue weighted by Gasteiger charge is -2.25. The van der Waals surface area contributed by atoms with Crippen molar-refractivity contribution in [1.82, 2.24) is 15.1 Å². The number of aliphatic hydroxyl groups is 1. The summed E-state index contributed by atoms with van der Waals surface area (Å²) in [7, 11) is 0. The average Bonchev–Trinajstić information content (AvgIpc) is 3.20. The van der Waals surface area contributed by atoms with Crippen molar-refractivity contribution in [2.75, 3.05) is 6.54 Å². The zero-order valence-electron chi connectivity index (χ0n) is 13.6. The molecule has 5 nitrogen and oxygen atoms in total. The zero-order valence-corrected chi connectivity index (χ0v) is 13.6. The molecule has 1 aliphatic heterocycles. The molecule has 1 fully saturated rings. The summed E-state index contributed by atoms with van der Waals surface area (Å²) in [5.74, 6) is -2.16. The number of nitrogens with one attached hydrogen (secondary N) is 1. The molecule has 4 rings (SSSR count). The fraction of sp³-hybridized carbons (Fsp3) is 0.444. The smallest absolute Gasteiger partial charge is 0.275 e. The SMILES string of the molecule is O=C(c1n[nH]c2c1CCCC2)N1C[C@@H](O)C[C@H]1c1ccc(F)c(F)c1. The van der Waals surface area contributed by atoms with E-state index in [0.29, 0.717) is 17.7 Å². The van der Waals surface area contributed by atoms with E-state index in [1.54, 1.807) is 0 Å². The van der Waals surface area contributed by atoms with Crippen LogP contribution in [0, 0.1) is 11.6 Å². The molecule has 7 heteroatoms. The molecule has 2 aliphatic rings. The molecule has 2 aromatic rings. The maximum absolute atomic E-state index is 13.6. The van der Waals surface area contributed by atoms with Gasteiger partial charge in [0, 0.05) is 17.8 Å². The third-order valence-corrected chi connectivity index (χ3v) is 5.13. The number of benzene rings is 1. The standard InChI is InChI=1S/C18H19F2N3O2/c19-13-6-5-10(7-14(13)20)16-8-11(24)9-23(16)18(25)17-12-3-1-2-4-15(12)21-22-17/h5-7,11,16,24H,1-4,8-9H2,(H,21,22)/t11-,16-/m0/s1. The van der Waals surface area contributed by atoms with Crippen LogP contribution in [-0.2, 0) is 12.8 Å². The number of hydrogen-bond acceptors (Lipinski definition) is 3. The number of aromatic amines is 1. The van der Waals surface area contributed by atoms with Crippen LogP contribution in [0.25, 0.3) is 0 Å². The van der Waals surface area contributed by atoms with E-state index >= 15 is 0 Å². The second-order valence-electron chi connectivity index (χ2n) is 6.77. The summed E-state index contributed by atoms with van der Waals surface area (Å²) < 4.78 is 26.8. The number of rotatable bonds is 2. The summed E-state index contributed by atoms with van der Waals surface area (Å²) in [6.07, 6.45) is 3.37. The Bertz CT molecular complexity index is 821. The number of fused-ring (bicyclic) bond motifs is 1. The second kappa shape index (κ2) is 6.22. The van der Waals surface area contributed by atoms with E-state index in [2.05, 4.69) is 10.2 Å². The van der Waals surface area contributed by atoms with E-state index in [1.807, 2.05) is 0 Å². The van der Waals surface area contributed by atoms with E-state index < -0.39 is 23.8 Å². The Balaban J connectivity index is 1.66. The van der Waals surface area contributed by atoms with Gasteiger partial charge in [0.2, 0.25) is 0 Å². The topological polar surface area (TPSA) is 69.2 Å². The number of carbonyl (C=O) groups is 1. The van der Waals surface area contributed by atoms with Gasteiger partial charge in [0.15, 0.2) is 17.3 Å². The summed E-state index contributed by atoms with van der Waals surface area (Å²) in [6.45, 7) is 0.157. The van der Waals surface area contributed by atoms with Crippen molar-refractivity contribution in [3.8, 4) is 0 Å². The molecule has 0 radical (unpaired) electrons. The molecule has 0 spiro atoms. The van der Waals surface area contributed by atoms with Gasteiger partial charge >= 0.3 is 0 Å². The number of nitrogens with zero attached hydrogens (tertiary/aromatic N) is 2. The number of aliphatic hydroxyl groups excluding tert-OH is 1.